The summed E-state index contributed by atoms with van der Waals surface area (Å²) in [6, 6.07) is 0. The van der Waals surface area contributed by atoms with Gasteiger partial charge in [0.1, 0.15) is 0 Å². The third-order valence-corrected chi connectivity index (χ3v) is 3.25. The molecule has 1 nitrogen and oxygen atoms in total. The quantitative estimate of drug-likeness (QED) is 0.301. The van der Waals surface area contributed by atoms with E-state index in [0.29, 0.717) is 6.61 Å². The van der Waals surface area contributed by atoms with Crippen LogP contribution in [0.1, 0.15) is 71.1 Å². The molecule has 0 aromatic rings. The van der Waals surface area contributed by atoms with Crippen LogP contribution in [0.5, 0.6) is 0 Å². The molecule has 1 N–H and O–H groups in total. The minimum absolute atomic E-state index is 0.344. The molecular formula is C20H34O. The summed E-state index contributed by atoms with van der Waals surface area (Å²) in [7, 11) is 0. The number of rotatable bonds is 14. The lowest BCUT2D eigenvalue weighted by atomic mass is 10.1. The van der Waals surface area contributed by atoms with Gasteiger partial charge in [-0.3, -0.25) is 0 Å². The minimum Gasteiger partial charge on any atom is -0.396 e. The Bertz CT molecular complexity index is 297. The molecule has 0 aliphatic rings. The van der Waals surface area contributed by atoms with E-state index < -0.39 is 0 Å². The Balaban J connectivity index is 3.30. The Morgan fingerprint density at radius 2 is 1.05 bits per heavy atom. The lowest BCUT2D eigenvalue weighted by Gasteiger charge is -1.97. The van der Waals surface area contributed by atoms with Gasteiger partial charge in [0.25, 0.3) is 0 Å². The summed E-state index contributed by atoms with van der Waals surface area (Å²) in [6.07, 6.45) is 29.3. The molecule has 0 rings (SSSR count). The summed E-state index contributed by atoms with van der Waals surface area (Å²) in [5, 5.41) is 8.67. The number of hydrogen-bond donors (Lipinski definition) is 1. The Hall–Kier alpha value is -1.08. The van der Waals surface area contributed by atoms with Crippen molar-refractivity contribution in [3.05, 3.63) is 48.6 Å². The maximum atomic E-state index is 8.67. The lowest BCUT2D eigenvalue weighted by Crippen LogP contribution is -1.83. The van der Waals surface area contributed by atoms with Crippen LogP contribution in [-0.4, -0.2) is 11.7 Å². The Labute approximate surface area is 132 Å². The molecule has 0 saturated carbocycles. The van der Waals surface area contributed by atoms with Crippen LogP contribution in [0.2, 0.25) is 0 Å². The van der Waals surface area contributed by atoms with Crippen molar-refractivity contribution in [1.29, 1.82) is 0 Å². The monoisotopic (exact) mass is 290 g/mol. The molecule has 0 atom stereocenters. The smallest absolute Gasteiger partial charge is 0.0431 e. The van der Waals surface area contributed by atoms with E-state index in [0.717, 1.165) is 32.1 Å². The van der Waals surface area contributed by atoms with Gasteiger partial charge in [0, 0.05) is 6.61 Å². The topological polar surface area (TPSA) is 20.2 Å². The van der Waals surface area contributed by atoms with Crippen molar-refractivity contribution in [2.45, 2.75) is 71.1 Å². The van der Waals surface area contributed by atoms with Gasteiger partial charge in [0.05, 0.1) is 0 Å². The summed E-state index contributed by atoms with van der Waals surface area (Å²) >= 11 is 0. The number of hydrogen-bond acceptors (Lipinski definition) is 1. The molecule has 0 fully saturated rings. The molecule has 0 radical (unpaired) electrons. The molecule has 120 valence electrons. The summed E-state index contributed by atoms with van der Waals surface area (Å²) in [4.78, 5) is 0. The van der Waals surface area contributed by atoms with Gasteiger partial charge in [-0.15, -0.1) is 0 Å². The zero-order chi connectivity index (χ0) is 15.4. The standard InChI is InChI=1S/C20H34O/c1-2-3-4-5-6-7-8-9-10-11-12-13-14-15-16-17-18-19-20-21/h3-4,6-7,9-10,12-13,21H,2,5,8,11,14-20H2,1H3. The third kappa shape index (κ3) is 18.9. The Kier molecular flexibility index (Phi) is 17.9. The van der Waals surface area contributed by atoms with Crippen LogP contribution in [0.3, 0.4) is 0 Å². The van der Waals surface area contributed by atoms with E-state index in [9.17, 15) is 0 Å². The highest BCUT2D eigenvalue weighted by Crippen LogP contribution is 2.05. The molecule has 0 aromatic heterocycles. The fourth-order valence-electron chi connectivity index (χ4n) is 2.00. The van der Waals surface area contributed by atoms with Gasteiger partial charge in [-0.2, -0.15) is 0 Å². The number of aliphatic hydroxyl groups is 1. The van der Waals surface area contributed by atoms with Gasteiger partial charge in [0.2, 0.25) is 0 Å². The van der Waals surface area contributed by atoms with Crippen LogP contribution >= 0.6 is 0 Å². The maximum absolute atomic E-state index is 8.67. The predicted molar refractivity (Wildman–Crippen MR) is 95.5 cm³/mol. The van der Waals surface area contributed by atoms with Crippen LogP contribution in [0.4, 0.5) is 0 Å². The van der Waals surface area contributed by atoms with Crippen LogP contribution < -0.4 is 0 Å². The van der Waals surface area contributed by atoms with Crippen LogP contribution in [0, 0.1) is 0 Å². The lowest BCUT2D eigenvalue weighted by molar-refractivity contribution is 0.282. The Morgan fingerprint density at radius 1 is 0.571 bits per heavy atom. The van der Waals surface area contributed by atoms with Crippen molar-refractivity contribution in [1.82, 2.24) is 0 Å². The van der Waals surface area contributed by atoms with Gasteiger partial charge >= 0.3 is 0 Å². The van der Waals surface area contributed by atoms with Crippen LogP contribution in [0.15, 0.2) is 48.6 Å². The van der Waals surface area contributed by atoms with Crippen molar-refractivity contribution in [3.8, 4) is 0 Å². The fraction of sp³-hybridized carbons (Fsp3) is 0.600. The molecule has 0 heterocycles. The van der Waals surface area contributed by atoms with E-state index in [4.69, 9.17) is 5.11 Å². The first-order valence-corrected chi connectivity index (χ1v) is 8.62. The molecule has 0 aliphatic carbocycles. The summed E-state index contributed by atoms with van der Waals surface area (Å²) in [6.45, 7) is 2.50. The minimum atomic E-state index is 0.344. The fourth-order valence-corrected chi connectivity index (χ4v) is 2.00. The summed E-state index contributed by atoms with van der Waals surface area (Å²) in [5.41, 5.74) is 0. The third-order valence-electron chi connectivity index (χ3n) is 3.25. The molecule has 0 unspecified atom stereocenters. The van der Waals surface area contributed by atoms with E-state index in [2.05, 4.69) is 55.5 Å². The van der Waals surface area contributed by atoms with Crippen molar-refractivity contribution < 1.29 is 5.11 Å². The number of unbranched alkanes of at least 4 members (excludes halogenated alkanes) is 5. The average Bonchev–Trinajstić information content (AvgIpc) is 2.50. The highest BCUT2D eigenvalue weighted by atomic mass is 16.2. The zero-order valence-corrected chi connectivity index (χ0v) is 13.8. The largest absolute Gasteiger partial charge is 0.396 e. The highest BCUT2D eigenvalue weighted by molar-refractivity contribution is 4.99. The van der Waals surface area contributed by atoms with Gasteiger partial charge in [-0.1, -0.05) is 74.8 Å². The molecule has 0 aliphatic heterocycles. The van der Waals surface area contributed by atoms with Crippen LogP contribution in [0.25, 0.3) is 0 Å². The van der Waals surface area contributed by atoms with Gasteiger partial charge < -0.3 is 5.11 Å². The first-order chi connectivity index (χ1) is 10.4. The molecule has 0 aromatic carbocycles. The molecule has 0 amide bonds. The first kappa shape index (κ1) is 19.9. The van der Waals surface area contributed by atoms with E-state index >= 15 is 0 Å². The number of allylic oxidation sites excluding steroid dienone is 8. The molecule has 0 bridgehead atoms. The summed E-state index contributed by atoms with van der Waals surface area (Å²) < 4.78 is 0. The second-order valence-electron chi connectivity index (χ2n) is 5.28. The van der Waals surface area contributed by atoms with E-state index in [1.807, 2.05) is 0 Å². The highest BCUT2D eigenvalue weighted by Gasteiger charge is 1.87. The molecular weight excluding hydrogens is 256 g/mol. The van der Waals surface area contributed by atoms with Gasteiger partial charge in [0.15, 0.2) is 0 Å². The van der Waals surface area contributed by atoms with E-state index in [1.165, 1.54) is 32.1 Å². The van der Waals surface area contributed by atoms with Crippen molar-refractivity contribution in [2.24, 2.45) is 0 Å². The van der Waals surface area contributed by atoms with Gasteiger partial charge in [-0.25, -0.2) is 0 Å². The summed E-state index contributed by atoms with van der Waals surface area (Å²) in [5.74, 6) is 0. The molecule has 21 heavy (non-hydrogen) atoms. The first-order valence-electron chi connectivity index (χ1n) is 8.62. The maximum Gasteiger partial charge on any atom is 0.0431 e. The Morgan fingerprint density at radius 3 is 1.62 bits per heavy atom. The van der Waals surface area contributed by atoms with Gasteiger partial charge in [-0.05, 0) is 44.9 Å². The average molecular weight is 290 g/mol. The van der Waals surface area contributed by atoms with Crippen LogP contribution in [-0.2, 0) is 0 Å². The predicted octanol–water partition coefficient (Wildman–Crippen LogP) is 6.12. The molecule has 0 spiro atoms. The molecule has 1 heteroatoms. The van der Waals surface area contributed by atoms with E-state index in [-0.39, 0.29) is 0 Å². The SMILES string of the molecule is CCC=CCC=CCC=CCC=CCCCCCCCO. The zero-order valence-electron chi connectivity index (χ0n) is 13.8. The number of aliphatic hydroxyl groups excluding tert-OH is 1. The van der Waals surface area contributed by atoms with Crippen molar-refractivity contribution in [2.75, 3.05) is 6.61 Å². The van der Waals surface area contributed by atoms with E-state index in [1.54, 1.807) is 0 Å². The molecule has 0 saturated heterocycles. The second kappa shape index (κ2) is 18.9. The normalized spacial score (nSPS) is 12.7. The second-order valence-corrected chi connectivity index (χ2v) is 5.28. The van der Waals surface area contributed by atoms with Crippen molar-refractivity contribution >= 4 is 0 Å². The van der Waals surface area contributed by atoms with Crippen molar-refractivity contribution in [3.63, 3.8) is 0 Å².